The summed E-state index contributed by atoms with van der Waals surface area (Å²) in [5.41, 5.74) is 0.123. The van der Waals surface area contributed by atoms with Gasteiger partial charge in [-0.3, -0.25) is 14.9 Å². The first kappa shape index (κ1) is 24.9. The zero-order chi connectivity index (χ0) is 22.7. The topological polar surface area (TPSA) is 106 Å². The number of nitrogens with zero attached hydrogens (tertiary/aromatic N) is 2. The molecule has 2 N–H and O–H groups in total. The van der Waals surface area contributed by atoms with Crippen molar-refractivity contribution in [1.82, 2.24) is 15.5 Å². The van der Waals surface area contributed by atoms with Crippen LogP contribution in [0, 0.1) is 10.1 Å². The predicted molar refractivity (Wildman–Crippen MR) is 117 cm³/mol. The number of nitrogens with one attached hydrogen (secondary N) is 2. The molecule has 0 bridgehead atoms. The lowest BCUT2D eigenvalue weighted by Gasteiger charge is -2.22. The van der Waals surface area contributed by atoms with E-state index < -0.39 is 4.92 Å². The van der Waals surface area contributed by atoms with Crippen LogP contribution < -0.4 is 20.1 Å². The summed E-state index contributed by atoms with van der Waals surface area (Å²) in [6, 6.07) is 9.27. The van der Waals surface area contributed by atoms with Crippen LogP contribution in [0.3, 0.4) is 0 Å². The van der Waals surface area contributed by atoms with Crippen LogP contribution >= 0.6 is 0 Å². The molecule has 2 aromatic carbocycles. The molecular formula is C21H30N4O5. The highest BCUT2D eigenvalue weighted by Crippen LogP contribution is 2.50. The minimum Gasteiger partial charge on any atom is -0.448 e. The van der Waals surface area contributed by atoms with Gasteiger partial charge < -0.3 is 25.0 Å². The van der Waals surface area contributed by atoms with E-state index in [1.807, 2.05) is 46.9 Å². The summed E-state index contributed by atoms with van der Waals surface area (Å²) < 4.78 is 11.4. The summed E-state index contributed by atoms with van der Waals surface area (Å²) in [4.78, 5) is 25.0. The quantitative estimate of drug-likeness (QED) is 0.481. The van der Waals surface area contributed by atoms with Gasteiger partial charge in [0.05, 0.1) is 10.5 Å². The Labute approximate surface area is 177 Å². The van der Waals surface area contributed by atoms with Crippen molar-refractivity contribution in [1.29, 1.82) is 0 Å². The summed E-state index contributed by atoms with van der Waals surface area (Å²) in [5, 5.41) is 16.7. The summed E-state index contributed by atoms with van der Waals surface area (Å²) in [5.74, 6) is 0.455. The fourth-order valence-electron chi connectivity index (χ4n) is 2.42. The summed E-state index contributed by atoms with van der Waals surface area (Å²) in [6.07, 6.45) is 0. The Morgan fingerprint density at radius 2 is 1.57 bits per heavy atom. The minimum absolute atomic E-state index is 0.0326. The third-order valence-corrected chi connectivity index (χ3v) is 3.65. The minimum atomic E-state index is -0.537. The van der Waals surface area contributed by atoms with Gasteiger partial charge >= 0.3 is 5.69 Å². The number of rotatable bonds is 5. The number of hydrogen-bond acceptors (Lipinski definition) is 7. The largest absolute Gasteiger partial charge is 0.448 e. The first-order chi connectivity index (χ1) is 14.4. The van der Waals surface area contributed by atoms with Gasteiger partial charge in [0.1, 0.15) is 0 Å². The smallest absolute Gasteiger partial charge is 0.315 e. The molecule has 0 unspecified atom stereocenters. The van der Waals surface area contributed by atoms with Gasteiger partial charge in [-0.1, -0.05) is 26.0 Å². The van der Waals surface area contributed by atoms with Crippen molar-refractivity contribution >= 4 is 11.6 Å². The molecule has 0 aromatic heterocycles. The molecule has 164 valence electrons. The normalized spacial score (nSPS) is 10.6. The SMILES string of the molecule is CC.CN(C)CCNC(=O)c1cccc2c1Oc1cccc([N+](=O)[O-])c1O2.CNC. The highest BCUT2D eigenvalue weighted by atomic mass is 16.6. The highest BCUT2D eigenvalue weighted by molar-refractivity contribution is 5.98. The van der Waals surface area contributed by atoms with E-state index in [0.29, 0.717) is 18.7 Å². The van der Waals surface area contributed by atoms with Crippen molar-refractivity contribution in [3.63, 3.8) is 0 Å². The Balaban J connectivity index is 0.000000826. The number of likely N-dealkylation sites (N-methyl/N-ethyl adjacent to an activating group) is 1. The number of carbonyl (C=O) groups is 1. The highest BCUT2D eigenvalue weighted by Gasteiger charge is 2.29. The zero-order valence-corrected chi connectivity index (χ0v) is 18.3. The molecule has 30 heavy (non-hydrogen) atoms. The molecule has 0 fully saturated rings. The first-order valence-corrected chi connectivity index (χ1v) is 9.66. The molecule has 1 aliphatic heterocycles. The van der Waals surface area contributed by atoms with Crippen LogP contribution in [0.15, 0.2) is 36.4 Å². The standard InChI is InChI=1S/C17H17N3O5.C2H7N.C2H6/c1-19(2)10-9-18-17(21)11-5-3-7-13-15(11)24-14-8-4-6-12(20(22)23)16(14)25-13;1-3-2;1-2/h3-8H,9-10H2,1-2H3,(H,18,21);3H,1-2H3;1-2H3. The van der Waals surface area contributed by atoms with E-state index in [-0.39, 0.29) is 34.6 Å². The molecular weight excluding hydrogens is 388 g/mol. The van der Waals surface area contributed by atoms with Gasteiger partial charge in [0.15, 0.2) is 17.2 Å². The third-order valence-electron chi connectivity index (χ3n) is 3.65. The Morgan fingerprint density at radius 3 is 2.13 bits per heavy atom. The number of hydrogen-bond donors (Lipinski definition) is 2. The fourth-order valence-corrected chi connectivity index (χ4v) is 2.42. The number of fused-ring (bicyclic) bond motifs is 2. The number of benzene rings is 2. The van der Waals surface area contributed by atoms with Gasteiger partial charge in [0, 0.05) is 19.2 Å². The van der Waals surface area contributed by atoms with Gasteiger partial charge in [-0.05, 0) is 46.4 Å². The number of ether oxygens (including phenoxy) is 2. The van der Waals surface area contributed by atoms with E-state index in [1.54, 1.807) is 24.3 Å². The molecule has 0 radical (unpaired) electrons. The van der Waals surface area contributed by atoms with Crippen molar-refractivity contribution in [2.24, 2.45) is 0 Å². The number of nitro groups is 1. The molecule has 1 amide bonds. The average molecular weight is 418 g/mol. The Morgan fingerprint density at radius 1 is 1.03 bits per heavy atom. The van der Waals surface area contributed by atoms with Crippen LogP contribution in [0.25, 0.3) is 0 Å². The molecule has 1 aliphatic rings. The van der Waals surface area contributed by atoms with E-state index in [9.17, 15) is 14.9 Å². The van der Waals surface area contributed by atoms with E-state index in [1.165, 1.54) is 12.1 Å². The average Bonchev–Trinajstić information content (AvgIpc) is 2.73. The van der Waals surface area contributed by atoms with Gasteiger partial charge in [-0.25, -0.2) is 0 Å². The molecule has 0 spiro atoms. The fraction of sp³-hybridized carbons (Fsp3) is 0.381. The Bertz CT molecular complexity index is 855. The van der Waals surface area contributed by atoms with Crippen molar-refractivity contribution in [3.05, 3.63) is 52.1 Å². The van der Waals surface area contributed by atoms with Gasteiger partial charge in [0.2, 0.25) is 5.75 Å². The Hall–Kier alpha value is -3.17. The van der Waals surface area contributed by atoms with Crippen LogP contribution in [0.5, 0.6) is 23.0 Å². The van der Waals surface area contributed by atoms with Crippen LogP contribution in [-0.4, -0.2) is 57.0 Å². The molecule has 0 saturated carbocycles. The van der Waals surface area contributed by atoms with Crippen molar-refractivity contribution in [2.75, 3.05) is 41.3 Å². The van der Waals surface area contributed by atoms with Crippen LogP contribution in [0.4, 0.5) is 5.69 Å². The molecule has 9 heteroatoms. The molecule has 3 rings (SSSR count). The van der Waals surface area contributed by atoms with Crippen molar-refractivity contribution in [3.8, 4) is 23.0 Å². The predicted octanol–water partition coefficient (Wildman–Crippen LogP) is 3.65. The van der Waals surface area contributed by atoms with Crippen LogP contribution in [-0.2, 0) is 0 Å². The van der Waals surface area contributed by atoms with Gasteiger partial charge in [-0.2, -0.15) is 0 Å². The number of amides is 1. The second-order valence-electron chi connectivity index (χ2n) is 6.26. The van der Waals surface area contributed by atoms with Crippen molar-refractivity contribution in [2.45, 2.75) is 13.8 Å². The summed E-state index contributed by atoms with van der Waals surface area (Å²) in [7, 11) is 7.58. The maximum atomic E-state index is 12.4. The second-order valence-corrected chi connectivity index (χ2v) is 6.26. The second kappa shape index (κ2) is 12.4. The molecule has 0 atom stereocenters. The lowest BCUT2D eigenvalue weighted by Crippen LogP contribution is -2.31. The molecule has 9 nitrogen and oxygen atoms in total. The Kier molecular flexibility index (Phi) is 10.3. The number of nitro benzene ring substituents is 1. The monoisotopic (exact) mass is 418 g/mol. The maximum Gasteiger partial charge on any atom is 0.315 e. The van der Waals surface area contributed by atoms with Crippen LogP contribution in [0.2, 0.25) is 0 Å². The summed E-state index contributed by atoms with van der Waals surface area (Å²) in [6.45, 7) is 5.19. The van der Waals surface area contributed by atoms with Crippen molar-refractivity contribution < 1.29 is 19.2 Å². The summed E-state index contributed by atoms with van der Waals surface area (Å²) >= 11 is 0. The molecule has 2 aromatic rings. The maximum absolute atomic E-state index is 12.4. The van der Waals surface area contributed by atoms with E-state index >= 15 is 0 Å². The molecule has 1 heterocycles. The molecule has 0 aliphatic carbocycles. The number of para-hydroxylation sites is 2. The van der Waals surface area contributed by atoms with E-state index in [0.717, 1.165) is 0 Å². The van der Waals surface area contributed by atoms with E-state index in [2.05, 4.69) is 10.6 Å². The number of carbonyl (C=O) groups excluding carboxylic acids is 1. The third kappa shape index (κ3) is 6.43. The van der Waals surface area contributed by atoms with E-state index in [4.69, 9.17) is 9.47 Å². The lowest BCUT2D eigenvalue weighted by atomic mass is 10.1. The zero-order valence-electron chi connectivity index (χ0n) is 18.3. The first-order valence-electron chi connectivity index (χ1n) is 9.66. The molecule has 0 saturated heterocycles. The lowest BCUT2D eigenvalue weighted by molar-refractivity contribution is -0.385. The van der Waals surface area contributed by atoms with Crippen LogP contribution in [0.1, 0.15) is 24.2 Å². The van der Waals surface area contributed by atoms with Gasteiger partial charge in [-0.15, -0.1) is 0 Å². The van der Waals surface area contributed by atoms with Gasteiger partial charge in [0.25, 0.3) is 5.91 Å².